The van der Waals surface area contributed by atoms with Crippen molar-refractivity contribution in [3.63, 3.8) is 0 Å². The van der Waals surface area contributed by atoms with E-state index in [2.05, 4.69) is 17.5 Å². The van der Waals surface area contributed by atoms with Crippen LogP contribution in [-0.4, -0.2) is 45.7 Å². The summed E-state index contributed by atoms with van der Waals surface area (Å²) < 4.78 is 28.1. The van der Waals surface area contributed by atoms with E-state index < -0.39 is 5.91 Å². The van der Waals surface area contributed by atoms with Crippen molar-refractivity contribution in [2.24, 2.45) is 5.10 Å². The van der Waals surface area contributed by atoms with Gasteiger partial charge in [-0.2, -0.15) is 5.10 Å². The SMILES string of the molecule is CCCCOc1ccc(/C=N/NC(=O)c2cc(OCC)c(OCC)c(OCC)c2)cc1OC. The maximum absolute atomic E-state index is 12.7. The van der Waals surface area contributed by atoms with Crippen molar-refractivity contribution in [3.8, 4) is 28.7 Å². The Balaban J connectivity index is 2.16. The molecule has 0 spiro atoms. The molecule has 0 atom stereocenters. The highest BCUT2D eigenvalue weighted by atomic mass is 16.5. The molecule has 0 bridgehead atoms. The predicted octanol–water partition coefficient (Wildman–Crippen LogP) is 4.83. The molecule has 0 aliphatic heterocycles. The largest absolute Gasteiger partial charge is 0.493 e. The number of nitrogens with zero attached hydrogens (tertiary/aromatic N) is 1. The van der Waals surface area contributed by atoms with Crippen molar-refractivity contribution < 1.29 is 28.5 Å². The Bertz CT molecular complexity index is 902. The van der Waals surface area contributed by atoms with E-state index in [4.69, 9.17) is 23.7 Å². The summed E-state index contributed by atoms with van der Waals surface area (Å²) in [7, 11) is 1.59. The molecule has 0 saturated carbocycles. The number of methoxy groups -OCH3 is 1. The zero-order valence-electron chi connectivity index (χ0n) is 20.1. The smallest absolute Gasteiger partial charge is 0.271 e. The van der Waals surface area contributed by atoms with Gasteiger partial charge in [0.2, 0.25) is 5.75 Å². The monoisotopic (exact) mass is 458 g/mol. The van der Waals surface area contributed by atoms with Crippen molar-refractivity contribution in [1.29, 1.82) is 0 Å². The third-order valence-corrected chi connectivity index (χ3v) is 4.49. The molecule has 33 heavy (non-hydrogen) atoms. The van der Waals surface area contributed by atoms with Gasteiger partial charge in [-0.15, -0.1) is 0 Å². The second kappa shape index (κ2) is 13.9. The van der Waals surface area contributed by atoms with Gasteiger partial charge in [0, 0.05) is 5.56 Å². The molecule has 2 aromatic carbocycles. The highest BCUT2D eigenvalue weighted by Crippen LogP contribution is 2.39. The summed E-state index contributed by atoms with van der Waals surface area (Å²) in [6.45, 7) is 9.64. The minimum absolute atomic E-state index is 0.347. The van der Waals surface area contributed by atoms with Gasteiger partial charge in [-0.25, -0.2) is 5.43 Å². The number of amides is 1. The molecule has 8 nitrogen and oxygen atoms in total. The van der Waals surface area contributed by atoms with E-state index in [1.54, 1.807) is 25.3 Å². The second-order valence-electron chi connectivity index (χ2n) is 6.91. The number of nitrogens with one attached hydrogen (secondary N) is 1. The average Bonchev–Trinajstić information content (AvgIpc) is 2.82. The van der Waals surface area contributed by atoms with Crippen LogP contribution in [-0.2, 0) is 0 Å². The van der Waals surface area contributed by atoms with Crippen LogP contribution in [0.15, 0.2) is 35.4 Å². The highest BCUT2D eigenvalue weighted by molar-refractivity contribution is 5.96. The van der Waals surface area contributed by atoms with E-state index in [9.17, 15) is 4.79 Å². The standard InChI is InChI=1S/C25H34N2O6/c1-6-10-13-33-20-12-11-18(14-21(20)29-5)17-26-27-25(28)19-15-22(30-7-2)24(32-9-4)23(16-19)31-8-3/h11-12,14-17H,6-10,13H2,1-5H3,(H,27,28)/b26-17+. The molecule has 0 unspecified atom stereocenters. The van der Waals surface area contributed by atoms with E-state index in [1.807, 2.05) is 32.9 Å². The molecule has 0 heterocycles. The number of hydrazone groups is 1. The average molecular weight is 459 g/mol. The first-order chi connectivity index (χ1) is 16.1. The number of benzene rings is 2. The molecule has 0 radical (unpaired) electrons. The third kappa shape index (κ3) is 7.59. The Morgan fingerprint density at radius 2 is 1.55 bits per heavy atom. The zero-order valence-corrected chi connectivity index (χ0v) is 20.1. The number of unbranched alkanes of at least 4 members (excludes halogenated alkanes) is 1. The first-order valence-electron chi connectivity index (χ1n) is 11.3. The zero-order chi connectivity index (χ0) is 24.1. The van der Waals surface area contributed by atoms with Crippen LogP contribution in [0.2, 0.25) is 0 Å². The van der Waals surface area contributed by atoms with Crippen LogP contribution < -0.4 is 29.1 Å². The molecular formula is C25H34N2O6. The fraction of sp³-hybridized carbons (Fsp3) is 0.440. The lowest BCUT2D eigenvalue weighted by Gasteiger charge is -2.16. The summed E-state index contributed by atoms with van der Waals surface area (Å²) in [6.07, 6.45) is 3.57. The Labute approximate surface area is 195 Å². The molecule has 0 aliphatic carbocycles. The first-order valence-corrected chi connectivity index (χ1v) is 11.3. The minimum Gasteiger partial charge on any atom is -0.493 e. The van der Waals surface area contributed by atoms with Crippen LogP contribution >= 0.6 is 0 Å². The van der Waals surface area contributed by atoms with Gasteiger partial charge in [-0.1, -0.05) is 13.3 Å². The molecule has 0 saturated heterocycles. The number of ether oxygens (including phenoxy) is 5. The van der Waals surface area contributed by atoms with Crippen LogP contribution in [0.25, 0.3) is 0 Å². The molecule has 180 valence electrons. The summed E-state index contributed by atoms with van der Waals surface area (Å²) >= 11 is 0. The van der Waals surface area contributed by atoms with Crippen LogP contribution in [0, 0.1) is 0 Å². The molecule has 2 aromatic rings. The molecular weight excluding hydrogens is 424 g/mol. The number of rotatable bonds is 14. The minimum atomic E-state index is -0.400. The number of carbonyl (C=O) groups excluding carboxylic acids is 1. The molecule has 1 N–H and O–H groups in total. The van der Waals surface area contributed by atoms with Crippen LogP contribution in [0.5, 0.6) is 28.7 Å². The molecule has 1 amide bonds. The Morgan fingerprint density at radius 3 is 2.12 bits per heavy atom. The number of hydrogen-bond donors (Lipinski definition) is 1. The van der Waals surface area contributed by atoms with Crippen molar-refractivity contribution >= 4 is 12.1 Å². The number of carbonyl (C=O) groups is 1. The van der Waals surface area contributed by atoms with Gasteiger partial charge in [0.15, 0.2) is 23.0 Å². The Hall–Kier alpha value is -3.42. The van der Waals surface area contributed by atoms with Gasteiger partial charge in [0.05, 0.1) is 39.8 Å². The quantitative estimate of drug-likeness (QED) is 0.248. The summed E-state index contributed by atoms with van der Waals surface area (Å²) in [5.41, 5.74) is 3.64. The maximum atomic E-state index is 12.7. The maximum Gasteiger partial charge on any atom is 0.271 e. The Morgan fingerprint density at radius 1 is 0.879 bits per heavy atom. The lowest BCUT2D eigenvalue weighted by atomic mass is 10.1. The molecule has 2 rings (SSSR count). The molecule has 0 fully saturated rings. The van der Waals surface area contributed by atoms with E-state index in [-0.39, 0.29) is 0 Å². The summed E-state index contributed by atoms with van der Waals surface area (Å²) in [5, 5.41) is 4.07. The first kappa shape index (κ1) is 25.8. The van der Waals surface area contributed by atoms with E-state index in [0.717, 1.165) is 18.4 Å². The lowest BCUT2D eigenvalue weighted by Crippen LogP contribution is -2.18. The topological polar surface area (TPSA) is 87.6 Å². The second-order valence-corrected chi connectivity index (χ2v) is 6.91. The van der Waals surface area contributed by atoms with Gasteiger partial charge in [-0.3, -0.25) is 4.79 Å². The lowest BCUT2D eigenvalue weighted by molar-refractivity contribution is 0.0954. The Kier molecular flexibility index (Phi) is 10.9. The van der Waals surface area contributed by atoms with Crippen molar-refractivity contribution in [3.05, 3.63) is 41.5 Å². The molecule has 0 aromatic heterocycles. The van der Waals surface area contributed by atoms with Crippen LogP contribution in [0.1, 0.15) is 56.5 Å². The fourth-order valence-electron chi connectivity index (χ4n) is 2.96. The summed E-state index contributed by atoms with van der Waals surface area (Å²) in [5.74, 6) is 2.26. The number of hydrogen-bond acceptors (Lipinski definition) is 7. The van der Waals surface area contributed by atoms with Gasteiger partial charge >= 0.3 is 0 Å². The molecule has 8 heteroatoms. The van der Waals surface area contributed by atoms with Gasteiger partial charge in [0.1, 0.15) is 0 Å². The van der Waals surface area contributed by atoms with Crippen molar-refractivity contribution in [1.82, 2.24) is 5.43 Å². The van der Waals surface area contributed by atoms with E-state index >= 15 is 0 Å². The van der Waals surface area contributed by atoms with Crippen molar-refractivity contribution in [2.75, 3.05) is 33.5 Å². The van der Waals surface area contributed by atoms with E-state index in [1.165, 1.54) is 6.21 Å². The highest BCUT2D eigenvalue weighted by Gasteiger charge is 2.18. The van der Waals surface area contributed by atoms with Crippen LogP contribution in [0.3, 0.4) is 0 Å². The normalized spacial score (nSPS) is 10.7. The van der Waals surface area contributed by atoms with Crippen molar-refractivity contribution in [2.45, 2.75) is 40.5 Å². The van der Waals surface area contributed by atoms with Gasteiger partial charge < -0.3 is 23.7 Å². The molecule has 0 aliphatic rings. The summed E-state index contributed by atoms with van der Waals surface area (Å²) in [4.78, 5) is 12.7. The van der Waals surface area contributed by atoms with Gasteiger partial charge in [0.25, 0.3) is 5.91 Å². The van der Waals surface area contributed by atoms with Crippen LogP contribution in [0.4, 0.5) is 0 Å². The predicted molar refractivity (Wildman–Crippen MR) is 128 cm³/mol. The van der Waals surface area contributed by atoms with Gasteiger partial charge in [-0.05, 0) is 63.1 Å². The third-order valence-electron chi connectivity index (χ3n) is 4.49. The fourth-order valence-corrected chi connectivity index (χ4v) is 2.96. The van der Waals surface area contributed by atoms with E-state index in [0.29, 0.717) is 60.7 Å². The summed E-state index contributed by atoms with van der Waals surface area (Å²) in [6, 6.07) is 8.71.